The molecule has 0 saturated carbocycles. The van der Waals surface area contributed by atoms with Gasteiger partial charge in [0.15, 0.2) is 5.69 Å². The van der Waals surface area contributed by atoms with Crippen molar-refractivity contribution < 1.29 is 18.5 Å². The Morgan fingerprint density at radius 1 is 0.936 bits per heavy atom. The Bertz CT molecular complexity index is 1780. The molecule has 244 valence electrons. The molecule has 0 bridgehead atoms. The fourth-order valence-corrected chi connectivity index (χ4v) is 11.5. The van der Waals surface area contributed by atoms with Gasteiger partial charge in [-0.2, -0.15) is 0 Å². The predicted molar refractivity (Wildman–Crippen MR) is 189 cm³/mol. The van der Waals surface area contributed by atoms with E-state index in [-0.39, 0.29) is 35.1 Å². The van der Waals surface area contributed by atoms with Gasteiger partial charge in [-0.05, 0) is 34.8 Å². The molecule has 8 nitrogen and oxygen atoms in total. The lowest BCUT2D eigenvalue weighted by molar-refractivity contribution is -0.00532. The molecule has 1 amide bonds. The van der Waals surface area contributed by atoms with Gasteiger partial charge in [-0.3, -0.25) is 4.79 Å². The van der Waals surface area contributed by atoms with E-state index in [2.05, 4.69) is 84.7 Å². The van der Waals surface area contributed by atoms with Crippen molar-refractivity contribution in [2.45, 2.75) is 65.0 Å². The number of rotatable bonds is 9. The topological polar surface area (TPSA) is 89.7 Å². The number of nitrogens with one attached hydrogen (secondary N) is 1. The van der Waals surface area contributed by atoms with E-state index in [0.29, 0.717) is 41.6 Å². The molecule has 10 heteroatoms. The summed E-state index contributed by atoms with van der Waals surface area (Å²) in [6.07, 6.45) is -0.0463. The van der Waals surface area contributed by atoms with E-state index in [1.807, 2.05) is 56.3 Å². The van der Waals surface area contributed by atoms with Crippen LogP contribution < -0.4 is 20.6 Å². The van der Waals surface area contributed by atoms with Crippen LogP contribution in [0.25, 0.3) is 11.1 Å². The summed E-state index contributed by atoms with van der Waals surface area (Å²) in [5.74, 6) is -0.392. The largest absolute Gasteiger partial charge is 0.401 e. The third-order valence-corrected chi connectivity index (χ3v) is 14.0. The molecule has 2 aromatic heterocycles. The summed E-state index contributed by atoms with van der Waals surface area (Å²) >= 11 is 7.21. The highest BCUT2D eigenvalue weighted by Crippen LogP contribution is 2.41. The number of carbonyl (C=O) groups is 1. The van der Waals surface area contributed by atoms with Gasteiger partial charge in [0.05, 0.1) is 30.2 Å². The third-order valence-electron chi connectivity index (χ3n) is 8.68. The van der Waals surface area contributed by atoms with Gasteiger partial charge in [-0.25, -0.2) is 4.98 Å². The lowest BCUT2D eigenvalue weighted by Gasteiger charge is -2.43. The van der Waals surface area contributed by atoms with Crippen LogP contribution in [0.3, 0.4) is 0 Å². The lowest BCUT2D eigenvalue weighted by atomic mass is 10.1. The van der Waals surface area contributed by atoms with Gasteiger partial charge in [-0.1, -0.05) is 129 Å². The van der Waals surface area contributed by atoms with Crippen molar-refractivity contribution in [2.75, 3.05) is 18.0 Å². The van der Waals surface area contributed by atoms with Crippen LogP contribution in [0, 0.1) is 0 Å². The number of pyridine rings is 1. The van der Waals surface area contributed by atoms with Crippen LogP contribution in [-0.4, -0.2) is 49.7 Å². The van der Waals surface area contributed by atoms with Gasteiger partial charge in [0, 0.05) is 19.6 Å². The van der Waals surface area contributed by atoms with Gasteiger partial charge in [0.1, 0.15) is 10.5 Å². The Morgan fingerprint density at radius 2 is 1.49 bits per heavy atom. The Morgan fingerprint density at radius 3 is 2.04 bits per heavy atom. The maximum absolute atomic E-state index is 13.4. The molecule has 0 unspecified atom stereocenters. The quantitative estimate of drug-likeness (QED) is 0.180. The molecule has 2 atom stereocenters. The second-order valence-corrected chi connectivity index (χ2v) is 17.9. The number of hydrogen-bond acceptors (Lipinski definition) is 7. The minimum absolute atomic E-state index is 0.0231. The van der Waals surface area contributed by atoms with Crippen molar-refractivity contribution in [3.05, 3.63) is 113 Å². The normalized spacial score (nSPS) is 17.2. The Balaban J connectivity index is 1.46. The smallest absolute Gasteiger partial charge is 0.276 e. The SMILES string of the molecule is C[C@@H]1CN(c2c(CO[Si](c3ccccc3)(c3ccccc3)C(C)(C)C)nc3c(C(=O)NCc4ccccc4)noc3c2Cl)C[C@H](C)O1. The fraction of sp³-hybridized carbons (Fsp3) is 0.324. The van der Waals surface area contributed by atoms with Crippen molar-refractivity contribution in [1.29, 1.82) is 0 Å². The average Bonchev–Trinajstić information content (AvgIpc) is 3.49. The molecule has 0 aliphatic carbocycles. The lowest BCUT2D eigenvalue weighted by Crippen LogP contribution is -2.66. The summed E-state index contributed by atoms with van der Waals surface area (Å²) in [6.45, 7) is 12.5. The monoisotopic (exact) mass is 668 g/mol. The van der Waals surface area contributed by atoms with Gasteiger partial charge >= 0.3 is 0 Å². The van der Waals surface area contributed by atoms with E-state index in [1.165, 1.54) is 0 Å². The highest BCUT2D eigenvalue weighted by atomic mass is 35.5. The molecule has 3 heterocycles. The molecule has 1 aliphatic heterocycles. The molecule has 6 rings (SSSR count). The number of hydrogen-bond donors (Lipinski definition) is 1. The molecule has 1 saturated heterocycles. The highest BCUT2D eigenvalue weighted by Gasteiger charge is 2.50. The first-order valence-corrected chi connectivity index (χ1v) is 18.3. The minimum atomic E-state index is -2.93. The number of halogens is 1. The molecular weight excluding hydrogens is 628 g/mol. The zero-order valence-electron chi connectivity index (χ0n) is 27.5. The maximum Gasteiger partial charge on any atom is 0.276 e. The van der Waals surface area contributed by atoms with Crippen LogP contribution in [0.2, 0.25) is 10.1 Å². The number of carbonyl (C=O) groups excluding carboxylic acids is 1. The van der Waals surface area contributed by atoms with Crippen molar-refractivity contribution in [1.82, 2.24) is 15.5 Å². The molecule has 0 spiro atoms. The van der Waals surface area contributed by atoms with E-state index in [9.17, 15) is 4.79 Å². The number of benzene rings is 3. The Labute approximate surface area is 282 Å². The van der Waals surface area contributed by atoms with Crippen LogP contribution >= 0.6 is 11.6 Å². The first kappa shape index (κ1) is 32.9. The maximum atomic E-state index is 13.4. The van der Waals surface area contributed by atoms with Crippen molar-refractivity contribution >= 4 is 53.0 Å². The number of anilines is 1. The molecule has 47 heavy (non-hydrogen) atoms. The molecule has 0 radical (unpaired) electrons. The Hall–Kier alpha value is -4.02. The van der Waals surface area contributed by atoms with Crippen LogP contribution in [0.4, 0.5) is 5.69 Å². The zero-order valence-corrected chi connectivity index (χ0v) is 29.3. The number of ether oxygens (including phenoxy) is 1. The first-order valence-electron chi connectivity index (χ1n) is 16.0. The summed E-state index contributed by atoms with van der Waals surface area (Å²) in [7, 11) is -2.93. The van der Waals surface area contributed by atoms with Crippen LogP contribution in [-0.2, 0) is 22.3 Å². The summed E-state index contributed by atoms with van der Waals surface area (Å²) < 4.78 is 19.1. The molecule has 1 aliphatic rings. The average molecular weight is 669 g/mol. The predicted octanol–water partition coefficient (Wildman–Crippen LogP) is 6.50. The highest BCUT2D eigenvalue weighted by molar-refractivity contribution is 6.99. The molecule has 1 N–H and O–H groups in total. The van der Waals surface area contributed by atoms with Crippen molar-refractivity contribution in [3.8, 4) is 0 Å². The number of aromatic nitrogens is 2. The van der Waals surface area contributed by atoms with Crippen LogP contribution in [0.5, 0.6) is 0 Å². The zero-order chi connectivity index (χ0) is 33.2. The summed E-state index contributed by atoms with van der Waals surface area (Å²) in [4.78, 5) is 20.7. The van der Waals surface area contributed by atoms with E-state index >= 15 is 0 Å². The van der Waals surface area contributed by atoms with E-state index in [1.54, 1.807) is 0 Å². The molecular formula is C37H41ClN4O4Si. The van der Waals surface area contributed by atoms with E-state index in [4.69, 9.17) is 30.3 Å². The van der Waals surface area contributed by atoms with E-state index in [0.717, 1.165) is 15.9 Å². The van der Waals surface area contributed by atoms with Crippen LogP contribution in [0.1, 0.15) is 56.4 Å². The summed E-state index contributed by atoms with van der Waals surface area (Å²) in [5, 5.41) is 9.53. The molecule has 3 aromatic carbocycles. The first-order chi connectivity index (χ1) is 22.6. The van der Waals surface area contributed by atoms with Crippen molar-refractivity contribution in [2.24, 2.45) is 0 Å². The van der Waals surface area contributed by atoms with Gasteiger partial charge in [-0.15, -0.1) is 0 Å². The standard InChI is InChI=1S/C37H41ClN4O4Si/c1-25-22-42(23-26(2)45-25)34-30(24-44-47(37(3,4)5,28-17-11-7-12-18-28)29-19-13-8-14-20-29)40-32-33(41-46-35(32)31(34)38)36(43)39-21-27-15-9-6-10-16-27/h6-20,25-26H,21-24H2,1-5H3,(H,39,43)/t25-,26+. The van der Waals surface area contributed by atoms with Crippen molar-refractivity contribution in [3.63, 3.8) is 0 Å². The minimum Gasteiger partial charge on any atom is -0.401 e. The number of nitrogens with zero attached hydrogens (tertiary/aromatic N) is 3. The van der Waals surface area contributed by atoms with Crippen LogP contribution in [0.15, 0.2) is 95.5 Å². The summed E-state index contributed by atoms with van der Waals surface area (Å²) in [5.41, 5.74) is 2.97. The van der Waals surface area contributed by atoms with E-state index < -0.39 is 14.2 Å². The fourth-order valence-electron chi connectivity index (χ4n) is 6.69. The third kappa shape index (κ3) is 6.58. The second-order valence-electron chi connectivity index (χ2n) is 13.2. The molecule has 5 aromatic rings. The molecule has 1 fully saturated rings. The van der Waals surface area contributed by atoms with Gasteiger partial charge in [0.25, 0.3) is 14.2 Å². The second kappa shape index (κ2) is 13.6. The summed E-state index contributed by atoms with van der Waals surface area (Å²) in [6, 6.07) is 30.7. The number of amides is 1. The van der Waals surface area contributed by atoms with Gasteiger partial charge in [0.2, 0.25) is 5.58 Å². The Kier molecular flexibility index (Phi) is 9.52. The number of morpholine rings is 1. The number of fused-ring (bicyclic) bond motifs is 1. The van der Waals surface area contributed by atoms with Gasteiger partial charge < -0.3 is 23.9 Å².